The number of hydrogen-bond donors (Lipinski definition) is 1. The summed E-state index contributed by atoms with van der Waals surface area (Å²) in [6, 6.07) is 10.1. The molecule has 0 aliphatic rings. The predicted octanol–water partition coefficient (Wildman–Crippen LogP) is 5.21. The second-order valence-electron chi connectivity index (χ2n) is 4.47. The molecule has 0 saturated carbocycles. The normalized spacial score (nSPS) is 10.8. The third-order valence-electron chi connectivity index (χ3n) is 2.98. The van der Waals surface area contributed by atoms with Crippen LogP contribution in [0.25, 0.3) is 10.9 Å². The van der Waals surface area contributed by atoms with E-state index in [0.29, 0.717) is 0 Å². The molecule has 2 aromatic heterocycles. The summed E-state index contributed by atoms with van der Waals surface area (Å²) in [4.78, 5) is 8.88. The van der Waals surface area contributed by atoms with Crippen LogP contribution in [0.1, 0.15) is 5.56 Å². The molecule has 1 N–H and O–H groups in total. The number of nitrogens with zero attached hydrogens (tertiary/aromatic N) is 2. The molecule has 3 aromatic rings. The van der Waals surface area contributed by atoms with Gasteiger partial charge in [-0.2, -0.15) is 0 Å². The van der Waals surface area contributed by atoms with Gasteiger partial charge in [0.1, 0.15) is 5.82 Å². The van der Waals surface area contributed by atoms with Gasteiger partial charge in [-0.1, -0.05) is 12.1 Å². The van der Waals surface area contributed by atoms with E-state index in [1.807, 2.05) is 31.2 Å². The lowest BCUT2D eigenvalue weighted by Gasteiger charge is -2.11. The van der Waals surface area contributed by atoms with E-state index >= 15 is 0 Å². The first kappa shape index (κ1) is 13.5. The van der Waals surface area contributed by atoms with Crippen LogP contribution in [0, 0.1) is 6.92 Å². The van der Waals surface area contributed by atoms with Gasteiger partial charge in [0.25, 0.3) is 0 Å². The standard InChI is InChI=1S/C15H11Br2N3/c1-9-5-11(16)8-19-15(9)20-13-4-2-3-10-6-12(17)7-18-14(10)13/h2-8H,1H3,(H,19,20). The molecule has 0 fully saturated rings. The summed E-state index contributed by atoms with van der Waals surface area (Å²) in [6.07, 6.45) is 3.58. The topological polar surface area (TPSA) is 37.8 Å². The average molecular weight is 393 g/mol. The molecule has 0 bridgehead atoms. The number of aryl methyl sites for hydroxylation is 1. The lowest BCUT2D eigenvalue weighted by Crippen LogP contribution is -1.97. The van der Waals surface area contributed by atoms with Crippen molar-refractivity contribution in [3.8, 4) is 0 Å². The molecule has 0 atom stereocenters. The minimum atomic E-state index is 0.838. The van der Waals surface area contributed by atoms with E-state index in [4.69, 9.17) is 0 Å². The van der Waals surface area contributed by atoms with Crippen LogP contribution in [0.3, 0.4) is 0 Å². The van der Waals surface area contributed by atoms with Gasteiger partial charge in [0.15, 0.2) is 0 Å². The maximum atomic E-state index is 4.48. The first-order valence-electron chi connectivity index (χ1n) is 6.07. The summed E-state index contributed by atoms with van der Waals surface area (Å²) in [5.41, 5.74) is 2.96. The fourth-order valence-corrected chi connectivity index (χ4v) is 2.83. The first-order valence-corrected chi connectivity index (χ1v) is 7.65. The fourth-order valence-electron chi connectivity index (χ4n) is 2.03. The lowest BCUT2D eigenvalue weighted by molar-refractivity contribution is 1.24. The highest BCUT2D eigenvalue weighted by Crippen LogP contribution is 2.27. The van der Waals surface area contributed by atoms with Gasteiger partial charge in [0.05, 0.1) is 11.2 Å². The Hall–Kier alpha value is -1.46. The molecule has 0 unspecified atom stereocenters. The van der Waals surface area contributed by atoms with E-state index < -0.39 is 0 Å². The van der Waals surface area contributed by atoms with Crippen molar-refractivity contribution < 1.29 is 0 Å². The summed E-state index contributed by atoms with van der Waals surface area (Å²) in [5, 5.41) is 4.43. The van der Waals surface area contributed by atoms with Crippen molar-refractivity contribution in [3.63, 3.8) is 0 Å². The van der Waals surface area contributed by atoms with Crippen LogP contribution in [0.15, 0.2) is 51.7 Å². The molecular formula is C15H11Br2N3. The quantitative estimate of drug-likeness (QED) is 0.650. The summed E-state index contributed by atoms with van der Waals surface area (Å²) in [7, 11) is 0. The second-order valence-corrected chi connectivity index (χ2v) is 6.31. The Kier molecular flexibility index (Phi) is 3.72. The molecule has 0 amide bonds. The van der Waals surface area contributed by atoms with E-state index in [0.717, 1.165) is 36.9 Å². The van der Waals surface area contributed by atoms with Crippen molar-refractivity contribution in [1.29, 1.82) is 0 Å². The van der Waals surface area contributed by atoms with Crippen LogP contribution < -0.4 is 5.32 Å². The fraction of sp³-hybridized carbons (Fsp3) is 0.0667. The van der Waals surface area contributed by atoms with Gasteiger partial charge in [-0.3, -0.25) is 4.98 Å². The molecule has 3 rings (SSSR count). The van der Waals surface area contributed by atoms with Gasteiger partial charge in [-0.25, -0.2) is 4.98 Å². The van der Waals surface area contributed by atoms with Crippen LogP contribution in [0.5, 0.6) is 0 Å². The second kappa shape index (κ2) is 5.50. The summed E-state index contributed by atoms with van der Waals surface area (Å²) >= 11 is 6.86. The highest BCUT2D eigenvalue weighted by molar-refractivity contribution is 9.10. The molecule has 2 heterocycles. The van der Waals surface area contributed by atoms with E-state index in [-0.39, 0.29) is 0 Å². The largest absolute Gasteiger partial charge is 0.338 e. The van der Waals surface area contributed by atoms with Gasteiger partial charge >= 0.3 is 0 Å². The highest BCUT2D eigenvalue weighted by Gasteiger charge is 2.06. The van der Waals surface area contributed by atoms with Gasteiger partial charge in [0.2, 0.25) is 0 Å². The van der Waals surface area contributed by atoms with Crippen LogP contribution in [0.2, 0.25) is 0 Å². The Morgan fingerprint density at radius 1 is 1.00 bits per heavy atom. The van der Waals surface area contributed by atoms with Gasteiger partial charge in [0, 0.05) is 26.7 Å². The van der Waals surface area contributed by atoms with Gasteiger partial charge < -0.3 is 5.32 Å². The Bertz CT molecular complexity index is 787. The third kappa shape index (κ3) is 2.69. The van der Waals surface area contributed by atoms with Crippen molar-refractivity contribution in [1.82, 2.24) is 9.97 Å². The molecule has 3 nitrogen and oxygen atoms in total. The number of hydrogen-bond acceptors (Lipinski definition) is 3. The number of aromatic nitrogens is 2. The molecule has 0 saturated heterocycles. The molecule has 0 aliphatic heterocycles. The van der Waals surface area contributed by atoms with Crippen LogP contribution in [-0.2, 0) is 0 Å². The maximum absolute atomic E-state index is 4.48. The number of nitrogens with one attached hydrogen (secondary N) is 1. The number of halogens is 2. The minimum Gasteiger partial charge on any atom is -0.338 e. The number of pyridine rings is 2. The summed E-state index contributed by atoms with van der Waals surface area (Å²) in [6.45, 7) is 2.02. The zero-order chi connectivity index (χ0) is 14.1. The Balaban J connectivity index is 2.06. The molecule has 1 aromatic carbocycles. The number of fused-ring (bicyclic) bond motifs is 1. The van der Waals surface area contributed by atoms with Crippen LogP contribution in [-0.4, -0.2) is 9.97 Å². The number of para-hydroxylation sites is 1. The Morgan fingerprint density at radius 2 is 1.75 bits per heavy atom. The van der Waals surface area contributed by atoms with E-state index in [1.54, 1.807) is 12.4 Å². The lowest BCUT2D eigenvalue weighted by atomic mass is 10.2. The summed E-state index contributed by atoms with van der Waals surface area (Å²) in [5.74, 6) is 0.838. The van der Waals surface area contributed by atoms with Crippen molar-refractivity contribution in [2.45, 2.75) is 6.92 Å². The van der Waals surface area contributed by atoms with Crippen molar-refractivity contribution in [2.75, 3.05) is 5.32 Å². The molecule has 0 spiro atoms. The van der Waals surface area contributed by atoms with Crippen molar-refractivity contribution in [2.24, 2.45) is 0 Å². The maximum Gasteiger partial charge on any atom is 0.133 e. The van der Waals surface area contributed by atoms with Crippen LogP contribution >= 0.6 is 31.9 Å². The molecule has 20 heavy (non-hydrogen) atoms. The SMILES string of the molecule is Cc1cc(Br)cnc1Nc1cccc2cc(Br)cnc12. The predicted molar refractivity (Wildman–Crippen MR) is 89.4 cm³/mol. The number of rotatable bonds is 2. The zero-order valence-corrected chi connectivity index (χ0v) is 13.9. The average Bonchev–Trinajstić information content (AvgIpc) is 2.41. The highest BCUT2D eigenvalue weighted by atomic mass is 79.9. The smallest absolute Gasteiger partial charge is 0.133 e. The molecule has 0 aliphatic carbocycles. The minimum absolute atomic E-state index is 0.838. The molecular weight excluding hydrogens is 382 g/mol. The van der Waals surface area contributed by atoms with Crippen molar-refractivity contribution in [3.05, 3.63) is 57.2 Å². The van der Waals surface area contributed by atoms with E-state index in [1.165, 1.54) is 0 Å². The van der Waals surface area contributed by atoms with Gasteiger partial charge in [-0.15, -0.1) is 0 Å². The van der Waals surface area contributed by atoms with E-state index in [2.05, 4.69) is 53.2 Å². The first-order chi connectivity index (χ1) is 9.63. The third-order valence-corrected chi connectivity index (χ3v) is 3.84. The molecule has 0 radical (unpaired) electrons. The summed E-state index contributed by atoms with van der Waals surface area (Å²) < 4.78 is 1.95. The monoisotopic (exact) mass is 391 g/mol. The van der Waals surface area contributed by atoms with Gasteiger partial charge in [-0.05, 0) is 62.5 Å². The van der Waals surface area contributed by atoms with Crippen LogP contribution in [0.4, 0.5) is 11.5 Å². The zero-order valence-electron chi connectivity index (χ0n) is 10.7. The van der Waals surface area contributed by atoms with E-state index in [9.17, 15) is 0 Å². The Morgan fingerprint density at radius 3 is 2.55 bits per heavy atom. The van der Waals surface area contributed by atoms with Crippen molar-refractivity contribution >= 4 is 54.3 Å². The molecule has 5 heteroatoms. The number of anilines is 2. The Labute approximate surface area is 133 Å². The molecule has 100 valence electrons. The number of benzene rings is 1.